The summed E-state index contributed by atoms with van der Waals surface area (Å²) in [5.74, 6) is -0.710. The van der Waals surface area contributed by atoms with Crippen LogP contribution < -0.4 is 0 Å². The van der Waals surface area contributed by atoms with Gasteiger partial charge in [-0.1, -0.05) is 0 Å². The van der Waals surface area contributed by atoms with Crippen LogP contribution in [0.15, 0.2) is 0 Å². The van der Waals surface area contributed by atoms with E-state index in [0.29, 0.717) is 17.8 Å². The molecular formula is C12H18N2O3. The second-order valence-electron chi connectivity index (χ2n) is 3.77. The van der Waals surface area contributed by atoms with Gasteiger partial charge in [0.05, 0.1) is 17.9 Å². The van der Waals surface area contributed by atoms with Gasteiger partial charge >= 0.3 is 5.97 Å². The first-order chi connectivity index (χ1) is 8.01. The van der Waals surface area contributed by atoms with Gasteiger partial charge in [-0.2, -0.15) is 5.10 Å². The lowest BCUT2D eigenvalue weighted by Gasteiger charge is -2.02. The van der Waals surface area contributed by atoms with Crippen molar-refractivity contribution in [1.82, 2.24) is 9.78 Å². The summed E-state index contributed by atoms with van der Waals surface area (Å²) in [6.45, 7) is 8.28. The third kappa shape index (κ3) is 2.93. The Kier molecular flexibility index (Phi) is 4.43. The molecule has 0 saturated heterocycles. The smallest absolute Gasteiger partial charge is 0.313 e. The fourth-order valence-corrected chi connectivity index (χ4v) is 1.84. The molecule has 1 aromatic heterocycles. The van der Waals surface area contributed by atoms with Crippen molar-refractivity contribution in [3.63, 3.8) is 0 Å². The molecule has 5 heteroatoms. The van der Waals surface area contributed by atoms with Crippen molar-refractivity contribution in [3.05, 3.63) is 17.0 Å². The Bertz CT molecular complexity index is 435. The van der Waals surface area contributed by atoms with Crippen molar-refractivity contribution >= 4 is 11.8 Å². The van der Waals surface area contributed by atoms with Crippen LogP contribution in [0.1, 0.15) is 42.0 Å². The van der Waals surface area contributed by atoms with E-state index in [-0.39, 0.29) is 18.8 Å². The Morgan fingerprint density at radius 2 is 1.94 bits per heavy atom. The summed E-state index contributed by atoms with van der Waals surface area (Å²) < 4.78 is 6.52. The summed E-state index contributed by atoms with van der Waals surface area (Å²) in [7, 11) is 0. The lowest BCUT2D eigenvalue weighted by Crippen LogP contribution is -2.13. The SMILES string of the molecule is CCOC(=O)CC(=O)c1c(C)nn(CC)c1C. The van der Waals surface area contributed by atoms with Crippen LogP contribution in [0.4, 0.5) is 0 Å². The van der Waals surface area contributed by atoms with E-state index in [1.54, 1.807) is 18.5 Å². The second-order valence-corrected chi connectivity index (χ2v) is 3.77. The lowest BCUT2D eigenvalue weighted by molar-refractivity contribution is -0.141. The van der Waals surface area contributed by atoms with Crippen LogP contribution in [0.2, 0.25) is 0 Å². The van der Waals surface area contributed by atoms with Gasteiger partial charge in [0.2, 0.25) is 0 Å². The topological polar surface area (TPSA) is 61.2 Å². The average Bonchev–Trinajstić information content (AvgIpc) is 2.53. The molecule has 0 spiro atoms. The number of nitrogens with zero attached hydrogens (tertiary/aromatic N) is 2. The number of aryl methyl sites for hydroxylation is 2. The first-order valence-electron chi connectivity index (χ1n) is 5.74. The van der Waals surface area contributed by atoms with Crippen molar-refractivity contribution in [2.24, 2.45) is 0 Å². The maximum atomic E-state index is 11.9. The molecule has 0 N–H and O–H groups in total. The van der Waals surface area contributed by atoms with Crippen LogP contribution in [-0.4, -0.2) is 28.1 Å². The standard InChI is InChI=1S/C12H18N2O3/c1-5-14-9(4)12(8(3)13-14)10(15)7-11(16)17-6-2/h5-7H2,1-4H3. The van der Waals surface area contributed by atoms with E-state index >= 15 is 0 Å². The molecular weight excluding hydrogens is 220 g/mol. The Morgan fingerprint density at radius 3 is 2.41 bits per heavy atom. The van der Waals surface area contributed by atoms with Crippen molar-refractivity contribution < 1.29 is 14.3 Å². The molecule has 1 rings (SSSR count). The predicted molar refractivity (Wildman–Crippen MR) is 63.0 cm³/mol. The van der Waals surface area contributed by atoms with Gasteiger partial charge in [-0.05, 0) is 27.7 Å². The van der Waals surface area contributed by atoms with Gasteiger partial charge in [-0.25, -0.2) is 0 Å². The van der Waals surface area contributed by atoms with E-state index < -0.39 is 5.97 Å². The minimum Gasteiger partial charge on any atom is -0.466 e. The molecule has 0 fully saturated rings. The maximum absolute atomic E-state index is 11.9. The third-order valence-electron chi connectivity index (χ3n) is 2.57. The number of ether oxygens (including phenoxy) is 1. The Morgan fingerprint density at radius 1 is 1.29 bits per heavy atom. The Labute approximate surface area is 101 Å². The van der Waals surface area contributed by atoms with Crippen molar-refractivity contribution in [2.75, 3.05) is 6.61 Å². The first-order valence-corrected chi connectivity index (χ1v) is 5.74. The third-order valence-corrected chi connectivity index (χ3v) is 2.57. The second kappa shape index (κ2) is 5.61. The predicted octanol–water partition coefficient (Wildman–Crippen LogP) is 1.66. The minimum atomic E-state index is -0.486. The highest BCUT2D eigenvalue weighted by Gasteiger charge is 2.20. The van der Waals surface area contributed by atoms with Gasteiger partial charge in [0.15, 0.2) is 5.78 Å². The highest BCUT2D eigenvalue weighted by Crippen LogP contribution is 2.15. The maximum Gasteiger partial charge on any atom is 0.313 e. The van der Waals surface area contributed by atoms with Crippen LogP contribution in [0.3, 0.4) is 0 Å². The van der Waals surface area contributed by atoms with Crippen molar-refractivity contribution in [1.29, 1.82) is 0 Å². The monoisotopic (exact) mass is 238 g/mol. The van der Waals surface area contributed by atoms with Crippen LogP contribution in [-0.2, 0) is 16.1 Å². The van der Waals surface area contributed by atoms with Gasteiger partial charge in [-0.3, -0.25) is 14.3 Å². The molecule has 0 amide bonds. The van der Waals surface area contributed by atoms with Gasteiger partial charge in [-0.15, -0.1) is 0 Å². The number of carbonyl (C=O) groups is 2. The molecule has 0 aliphatic rings. The zero-order chi connectivity index (χ0) is 13.0. The lowest BCUT2D eigenvalue weighted by atomic mass is 10.1. The molecule has 0 radical (unpaired) electrons. The summed E-state index contributed by atoms with van der Waals surface area (Å²) in [4.78, 5) is 23.2. The largest absolute Gasteiger partial charge is 0.466 e. The fraction of sp³-hybridized carbons (Fsp3) is 0.583. The number of hydrogen-bond acceptors (Lipinski definition) is 4. The molecule has 0 aliphatic heterocycles. The van der Waals surface area contributed by atoms with E-state index in [2.05, 4.69) is 5.10 Å². The number of Topliss-reactive ketones (excluding diaryl/α,β-unsaturated/α-hetero) is 1. The molecule has 94 valence electrons. The summed E-state index contributed by atoms with van der Waals surface area (Å²) in [5, 5.41) is 4.25. The van der Waals surface area contributed by atoms with Gasteiger partial charge in [0.1, 0.15) is 6.42 Å². The summed E-state index contributed by atoms with van der Waals surface area (Å²) >= 11 is 0. The Hall–Kier alpha value is -1.65. The molecule has 5 nitrogen and oxygen atoms in total. The summed E-state index contributed by atoms with van der Waals surface area (Å²) in [5.41, 5.74) is 2.01. The molecule has 0 atom stereocenters. The first kappa shape index (κ1) is 13.4. The zero-order valence-electron chi connectivity index (χ0n) is 10.7. The Balaban J connectivity index is 2.89. The summed E-state index contributed by atoms with van der Waals surface area (Å²) in [6, 6.07) is 0. The number of ketones is 1. The van der Waals surface area contributed by atoms with E-state index in [0.717, 1.165) is 5.69 Å². The number of esters is 1. The quantitative estimate of drug-likeness (QED) is 0.444. The summed E-state index contributed by atoms with van der Waals surface area (Å²) in [6.07, 6.45) is -0.217. The molecule has 17 heavy (non-hydrogen) atoms. The highest BCUT2D eigenvalue weighted by molar-refractivity contribution is 6.07. The van der Waals surface area contributed by atoms with E-state index in [1.165, 1.54) is 0 Å². The van der Waals surface area contributed by atoms with Crippen LogP contribution in [0.5, 0.6) is 0 Å². The number of rotatable bonds is 5. The minimum absolute atomic E-state index is 0.217. The molecule has 0 aliphatic carbocycles. The molecule has 1 heterocycles. The molecule has 0 bridgehead atoms. The van der Waals surface area contributed by atoms with Crippen molar-refractivity contribution in [2.45, 2.75) is 40.7 Å². The van der Waals surface area contributed by atoms with Crippen LogP contribution >= 0.6 is 0 Å². The van der Waals surface area contributed by atoms with E-state index in [9.17, 15) is 9.59 Å². The number of carbonyl (C=O) groups excluding carboxylic acids is 2. The van der Waals surface area contributed by atoms with Crippen LogP contribution in [0.25, 0.3) is 0 Å². The average molecular weight is 238 g/mol. The number of hydrogen-bond donors (Lipinski definition) is 0. The molecule has 0 unspecified atom stereocenters. The molecule has 0 saturated carbocycles. The zero-order valence-corrected chi connectivity index (χ0v) is 10.7. The van der Waals surface area contributed by atoms with Gasteiger partial charge < -0.3 is 4.74 Å². The van der Waals surface area contributed by atoms with Crippen molar-refractivity contribution in [3.8, 4) is 0 Å². The van der Waals surface area contributed by atoms with E-state index in [1.807, 2.05) is 13.8 Å². The normalized spacial score (nSPS) is 10.4. The van der Waals surface area contributed by atoms with Crippen LogP contribution in [0, 0.1) is 13.8 Å². The molecule has 0 aromatic carbocycles. The fourth-order valence-electron chi connectivity index (χ4n) is 1.84. The highest BCUT2D eigenvalue weighted by atomic mass is 16.5. The van der Waals surface area contributed by atoms with Gasteiger partial charge in [0.25, 0.3) is 0 Å². The van der Waals surface area contributed by atoms with Gasteiger partial charge in [0, 0.05) is 12.2 Å². The number of aromatic nitrogens is 2. The molecule has 1 aromatic rings. The van der Waals surface area contributed by atoms with E-state index in [4.69, 9.17) is 4.74 Å².